The quantitative estimate of drug-likeness (QED) is 0.810. The van der Waals surface area contributed by atoms with Gasteiger partial charge < -0.3 is 14.6 Å². The van der Waals surface area contributed by atoms with Crippen LogP contribution in [0.1, 0.15) is 48.2 Å². The number of carbonyl (C=O) groups is 2. The van der Waals surface area contributed by atoms with E-state index >= 15 is 0 Å². The maximum atomic E-state index is 11.8. The lowest BCUT2D eigenvalue weighted by Crippen LogP contribution is -2.22. The van der Waals surface area contributed by atoms with Crippen LogP contribution in [0.5, 0.6) is 5.75 Å². The lowest BCUT2D eigenvalue weighted by molar-refractivity contribution is -0.146. The van der Waals surface area contributed by atoms with Crippen molar-refractivity contribution in [3.8, 4) is 5.75 Å². The summed E-state index contributed by atoms with van der Waals surface area (Å²) in [6.45, 7) is 2.00. The minimum Gasteiger partial charge on any atom is -0.497 e. The Kier molecular flexibility index (Phi) is 4.27. The summed E-state index contributed by atoms with van der Waals surface area (Å²) in [6, 6.07) is 4.98. The third-order valence-corrected chi connectivity index (χ3v) is 3.57. The molecule has 5 nitrogen and oxygen atoms in total. The van der Waals surface area contributed by atoms with Crippen molar-refractivity contribution in [3.63, 3.8) is 0 Å². The highest BCUT2D eigenvalue weighted by atomic mass is 16.6. The molecule has 2 rings (SSSR count). The summed E-state index contributed by atoms with van der Waals surface area (Å²) >= 11 is 0. The Bertz CT molecular complexity index is 523. The third-order valence-electron chi connectivity index (χ3n) is 3.57. The van der Waals surface area contributed by atoms with E-state index in [-0.39, 0.29) is 0 Å². The molecule has 0 amide bonds. The molecular formula is C15H18O5. The Balaban J connectivity index is 2.34. The topological polar surface area (TPSA) is 72.8 Å². The molecule has 1 aliphatic heterocycles. The first-order valence-electron chi connectivity index (χ1n) is 6.70. The van der Waals surface area contributed by atoms with Crippen LogP contribution in [0.2, 0.25) is 0 Å². The average molecular weight is 278 g/mol. The molecule has 0 radical (unpaired) electrons. The van der Waals surface area contributed by atoms with Gasteiger partial charge >= 0.3 is 11.9 Å². The second kappa shape index (κ2) is 5.94. The molecule has 0 saturated heterocycles. The number of hydrogen-bond acceptors (Lipinski definition) is 4. The lowest BCUT2D eigenvalue weighted by atomic mass is 9.90. The van der Waals surface area contributed by atoms with E-state index < -0.39 is 24.0 Å². The van der Waals surface area contributed by atoms with Crippen molar-refractivity contribution in [1.82, 2.24) is 0 Å². The summed E-state index contributed by atoms with van der Waals surface area (Å²) < 4.78 is 10.4. The summed E-state index contributed by atoms with van der Waals surface area (Å²) in [5.74, 6) is -1.53. The molecule has 108 valence electrons. The minimum atomic E-state index is -0.938. The van der Waals surface area contributed by atoms with Gasteiger partial charge in [-0.05, 0) is 24.6 Å². The van der Waals surface area contributed by atoms with Crippen molar-refractivity contribution >= 4 is 11.9 Å². The number of carboxylic acids is 1. The molecule has 1 aromatic rings. The molecule has 1 heterocycles. The molecule has 0 fully saturated rings. The number of cyclic esters (lactones) is 1. The van der Waals surface area contributed by atoms with Gasteiger partial charge in [0.2, 0.25) is 0 Å². The van der Waals surface area contributed by atoms with Gasteiger partial charge in [-0.1, -0.05) is 19.8 Å². The van der Waals surface area contributed by atoms with Crippen molar-refractivity contribution in [3.05, 3.63) is 29.3 Å². The number of carbonyl (C=O) groups excluding carboxylic acids is 1. The predicted molar refractivity (Wildman–Crippen MR) is 71.8 cm³/mol. The largest absolute Gasteiger partial charge is 0.497 e. The van der Waals surface area contributed by atoms with E-state index in [1.54, 1.807) is 18.2 Å². The normalized spacial score (nSPS) is 18.3. The fourth-order valence-corrected chi connectivity index (χ4v) is 2.46. The number of rotatable bonds is 6. The standard InChI is InChI=1S/C15H18O5/c1-3-4-5-11(14(16)17)13-12-8-9(19-2)6-7-10(12)15(18)20-13/h6-8,11,13H,3-5H2,1-2H3,(H,16,17). The summed E-state index contributed by atoms with van der Waals surface area (Å²) in [6.07, 6.45) is 1.44. The number of aliphatic carboxylic acids is 1. The molecule has 5 heteroatoms. The smallest absolute Gasteiger partial charge is 0.339 e. The Morgan fingerprint density at radius 1 is 1.50 bits per heavy atom. The fourth-order valence-electron chi connectivity index (χ4n) is 2.46. The summed E-state index contributed by atoms with van der Waals surface area (Å²) in [7, 11) is 1.53. The Morgan fingerprint density at radius 2 is 2.25 bits per heavy atom. The first kappa shape index (κ1) is 14.4. The molecule has 1 aromatic carbocycles. The molecule has 0 saturated carbocycles. The first-order chi connectivity index (χ1) is 9.58. The highest BCUT2D eigenvalue weighted by molar-refractivity contribution is 5.95. The fraction of sp³-hybridized carbons (Fsp3) is 0.467. The van der Waals surface area contributed by atoms with Crippen molar-refractivity contribution in [1.29, 1.82) is 0 Å². The van der Waals surface area contributed by atoms with Crippen LogP contribution < -0.4 is 4.74 Å². The van der Waals surface area contributed by atoms with Crippen LogP contribution >= 0.6 is 0 Å². The maximum absolute atomic E-state index is 11.8. The number of ether oxygens (including phenoxy) is 2. The second-order valence-corrected chi connectivity index (χ2v) is 4.87. The number of unbranched alkanes of at least 4 members (excludes halogenated alkanes) is 1. The van der Waals surface area contributed by atoms with Crippen LogP contribution in [-0.2, 0) is 9.53 Å². The van der Waals surface area contributed by atoms with E-state index in [9.17, 15) is 14.7 Å². The van der Waals surface area contributed by atoms with Gasteiger partial charge in [0.1, 0.15) is 11.9 Å². The summed E-state index contributed by atoms with van der Waals surface area (Å²) in [5.41, 5.74) is 1.04. The van der Waals surface area contributed by atoms with Crippen LogP contribution in [0.3, 0.4) is 0 Å². The molecule has 0 aromatic heterocycles. The monoisotopic (exact) mass is 278 g/mol. The first-order valence-corrected chi connectivity index (χ1v) is 6.70. The van der Waals surface area contributed by atoms with Gasteiger partial charge in [0, 0.05) is 5.56 Å². The molecule has 2 unspecified atom stereocenters. The van der Waals surface area contributed by atoms with E-state index in [1.165, 1.54) is 7.11 Å². The molecule has 20 heavy (non-hydrogen) atoms. The number of hydrogen-bond donors (Lipinski definition) is 1. The van der Waals surface area contributed by atoms with Gasteiger partial charge in [-0.25, -0.2) is 4.79 Å². The predicted octanol–water partition coefficient (Wildman–Crippen LogP) is 2.80. The number of fused-ring (bicyclic) bond motifs is 1. The Hall–Kier alpha value is -2.04. The van der Waals surface area contributed by atoms with Crippen molar-refractivity contribution in [2.45, 2.75) is 32.3 Å². The molecular weight excluding hydrogens is 260 g/mol. The van der Waals surface area contributed by atoms with Crippen molar-refractivity contribution < 1.29 is 24.2 Å². The lowest BCUT2D eigenvalue weighted by Gasteiger charge is -2.19. The highest BCUT2D eigenvalue weighted by Gasteiger charge is 2.40. The van der Waals surface area contributed by atoms with E-state index in [1.807, 2.05) is 6.92 Å². The van der Waals surface area contributed by atoms with Gasteiger partial charge in [-0.2, -0.15) is 0 Å². The zero-order valence-electron chi connectivity index (χ0n) is 11.6. The Morgan fingerprint density at radius 3 is 2.85 bits per heavy atom. The SMILES string of the molecule is CCCCC(C(=O)O)C1OC(=O)c2ccc(OC)cc21. The average Bonchev–Trinajstić information content (AvgIpc) is 2.76. The zero-order valence-corrected chi connectivity index (χ0v) is 11.6. The molecule has 1 aliphatic rings. The number of esters is 1. The number of carboxylic acid groups (broad SMARTS) is 1. The Labute approximate surface area is 117 Å². The number of benzene rings is 1. The van der Waals surface area contributed by atoms with Crippen LogP contribution in [-0.4, -0.2) is 24.2 Å². The van der Waals surface area contributed by atoms with Crippen molar-refractivity contribution in [2.75, 3.05) is 7.11 Å². The van der Waals surface area contributed by atoms with E-state index in [0.717, 1.165) is 12.8 Å². The van der Waals surface area contributed by atoms with Gasteiger partial charge in [-0.15, -0.1) is 0 Å². The second-order valence-electron chi connectivity index (χ2n) is 4.87. The van der Waals surface area contributed by atoms with Crippen LogP contribution in [0.25, 0.3) is 0 Å². The molecule has 2 atom stereocenters. The molecule has 0 aliphatic carbocycles. The number of methoxy groups -OCH3 is 1. The van der Waals surface area contributed by atoms with E-state index in [4.69, 9.17) is 9.47 Å². The van der Waals surface area contributed by atoms with E-state index in [2.05, 4.69) is 0 Å². The van der Waals surface area contributed by atoms with Gasteiger partial charge in [0.25, 0.3) is 0 Å². The summed E-state index contributed by atoms with van der Waals surface area (Å²) in [4.78, 5) is 23.3. The molecule has 1 N–H and O–H groups in total. The van der Waals surface area contributed by atoms with Gasteiger partial charge in [0.05, 0.1) is 18.6 Å². The molecule has 0 spiro atoms. The van der Waals surface area contributed by atoms with Crippen LogP contribution in [0, 0.1) is 5.92 Å². The van der Waals surface area contributed by atoms with Crippen LogP contribution in [0.4, 0.5) is 0 Å². The van der Waals surface area contributed by atoms with Crippen LogP contribution in [0.15, 0.2) is 18.2 Å². The maximum Gasteiger partial charge on any atom is 0.339 e. The van der Waals surface area contributed by atoms with Gasteiger partial charge in [-0.3, -0.25) is 4.79 Å². The minimum absolute atomic E-state index is 0.429. The third kappa shape index (κ3) is 2.61. The molecule has 0 bridgehead atoms. The zero-order chi connectivity index (χ0) is 14.7. The highest BCUT2D eigenvalue weighted by Crippen LogP contribution is 2.39. The van der Waals surface area contributed by atoms with Gasteiger partial charge in [0.15, 0.2) is 0 Å². The van der Waals surface area contributed by atoms with Crippen molar-refractivity contribution in [2.24, 2.45) is 5.92 Å². The summed E-state index contributed by atoms with van der Waals surface area (Å²) in [5, 5.41) is 9.38. The van der Waals surface area contributed by atoms with E-state index in [0.29, 0.717) is 23.3 Å².